The predicted molar refractivity (Wildman–Crippen MR) is 571 cm³/mol. The molecule has 660 valence electrons. The Morgan fingerprint density at radius 1 is 0.135 bits per heavy atom. The van der Waals surface area contributed by atoms with E-state index < -0.39 is 0 Å². The van der Waals surface area contributed by atoms with Crippen molar-refractivity contribution in [1.29, 1.82) is 0 Å². The third kappa shape index (κ3) is 16.7. The Balaban J connectivity index is 0.000000112. The summed E-state index contributed by atoms with van der Waals surface area (Å²) < 4.78 is 18.0. The smallest absolute Gasteiger partial charge is 0.227 e. The van der Waals surface area contributed by atoms with E-state index in [2.05, 4.69) is 313 Å². The van der Waals surface area contributed by atoms with Crippen molar-refractivity contribution < 1.29 is 13.3 Å². The third-order valence-electron chi connectivity index (χ3n) is 25.9. The summed E-state index contributed by atoms with van der Waals surface area (Å²) in [6.07, 6.45) is 3.51. The standard InChI is InChI=1S/C47H29N3O.C44H28N4O.C36H22N4O/c1-2-11-31(12-3-1)45-48-46(32-23-21-30(22-24-32)33-25-26-44-42(28-33)40-19-8-9-20-43(40)51-44)50-47(49-45)36-15-10-14-34(27-36)41-29-35-13-4-5-16-37(35)38-17-6-7-18-39(38)41;1-3-11-29(12-4-1)34-25-35(30-13-5-2-6-14-30)27-36(26-34)43-46-42(47-44(48-43)39-16-9-10-24-45-39)32-20-18-31(19-21-32)33-22-23-41-38(28-33)37-15-7-8-17-40(37)49-41;1-2-8-25(9-3-1)33-38-34(40-35(39-33)29-17-14-23-7-4-5-10-27(23)21-29)26-15-12-24(13-16-26)28-18-19-32-31(22-28)30-11-6-20-37-36(30)41-32/h1-29H;1-28H;1-22H. The first-order valence-electron chi connectivity index (χ1n) is 46.8. The summed E-state index contributed by atoms with van der Waals surface area (Å²) >= 11 is 0. The number of fused-ring (bicyclic) bond motifs is 13. The van der Waals surface area contributed by atoms with Crippen LogP contribution in [0.1, 0.15) is 0 Å². The molecule has 141 heavy (non-hydrogen) atoms. The molecule has 0 saturated carbocycles. The van der Waals surface area contributed by atoms with E-state index in [9.17, 15) is 0 Å². The molecule has 8 heterocycles. The lowest BCUT2D eigenvalue weighted by molar-refractivity contribution is 0.654. The van der Waals surface area contributed by atoms with Crippen molar-refractivity contribution in [2.75, 3.05) is 0 Å². The lowest BCUT2D eigenvalue weighted by Gasteiger charge is -2.13. The fourth-order valence-corrected chi connectivity index (χ4v) is 18.8. The number of furan rings is 3. The van der Waals surface area contributed by atoms with Crippen molar-refractivity contribution in [2.45, 2.75) is 0 Å². The van der Waals surface area contributed by atoms with Gasteiger partial charge in [-0.05, 0) is 208 Å². The van der Waals surface area contributed by atoms with Gasteiger partial charge in [0, 0.05) is 89.2 Å². The molecule has 14 nitrogen and oxygen atoms in total. The molecule has 14 heteroatoms. The fourth-order valence-electron chi connectivity index (χ4n) is 18.8. The molecule has 0 amide bonds. The molecular formula is C127H79N11O3. The van der Waals surface area contributed by atoms with Crippen LogP contribution in [0, 0.1) is 0 Å². The number of hydrogen-bond donors (Lipinski definition) is 0. The van der Waals surface area contributed by atoms with Gasteiger partial charge in [0.25, 0.3) is 0 Å². The first kappa shape index (κ1) is 83.5. The Hall–Kier alpha value is -19.3. The molecule has 19 aromatic carbocycles. The number of pyridine rings is 2. The molecule has 27 aromatic rings. The van der Waals surface area contributed by atoms with Gasteiger partial charge in [-0.25, -0.2) is 49.8 Å². The van der Waals surface area contributed by atoms with Gasteiger partial charge in [-0.3, -0.25) is 4.98 Å². The highest BCUT2D eigenvalue weighted by atomic mass is 16.3. The van der Waals surface area contributed by atoms with E-state index in [4.69, 9.17) is 58.1 Å². The van der Waals surface area contributed by atoms with Crippen LogP contribution < -0.4 is 0 Å². The van der Waals surface area contributed by atoms with Crippen LogP contribution in [-0.4, -0.2) is 54.8 Å². The maximum Gasteiger partial charge on any atom is 0.227 e. The normalized spacial score (nSPS) is 11.4. The molecule has 0 aliphatic heterocycles. The molecule has 0 radical (unpaired) electrons. The van der Waals surface area contributed by atoms with E-state index in [-0.39, 0.29) is 0 Å². The van der Waals surface area contributed by atoms with Gasteiger partial charge in [-0.2, -0.15) is 0 Å². The summed E-state index contributed by atoms with van der Waals surface area (Å²) in [6.45, 7) is 0. The average Bonchev–Trinajstić information content (AvgIpc) is 1.65. The average molecular weight is 1810 g/mol. The Morgan fingerprint density at radius 3 is 0.957 bits per heavy atom. The van der Waals surface area contributed by atoms with Crippen molar-refractivity contribution in [1.82, 2.24) is 54.8 Å². The van der Waals surface area contributed by atoms with Crippen molar-refractivity contribution >= 4 is 98.3 Å². The van der Waals surface area contributed by atoms with Crippen LogP contribution in [0.4, 0.5) is 0 Å². The van der Waals surface area contributed by atoms with Gasteiger partial charge in [-0.1, -0.05) is 358 Å². The van der Waals surface area contributed by atoms with Gasteiger partial charge in [0.15, 0.2) is 52.4 Å². The number of rotatable bonds is 15. The highest BCUT2D eigenvalue weighted by Gasteiger charge is 2.22. The van der Waals surface area contributed by atoms with Crippen LogP contribution in [0.25, 0.3) is 268 Å². The third-order valence-corrected chi connectivity index (χ3v) is 25.9. The summed E-state index contributed by atoms with van der Waals surface area (Å²) in [5.41, 5.74) is 26.5. The van der Waals surface area contributed by atoms with E-state index >= 15 is 0 Å². The van der Waals surface area contributed by atoms with E-state index in [0.717, 1.165) is 171 Å². The minimum atomic E-state index is 0.522. The highest BCUT2D eigenvalue weighted by Crippen LogP contribution is 2.43. The second kappa shape index (κ2) is 36.5. The van der Waals surface area contributed by atoms with Crippen molar-refractivity contribution in [3.63, 3.8) is 0 Å². The van der Waals surface area contributed by atoms with Gasteiger partial charge in [0.05, 0.1) is 0 Å². The number of para-hydroxylation sites is 2. The molecule has 27 rings (SSSR count). The Labute approximate surface area is 809 Å². The van der Waals surface area contributed by atoms with Crippen molar-refractivity contribution in [2.24, 2.45) is 0 Å². The number of nitrogens with zero attached hydrogens (tertiary/aromatic N) is 11. The molecule has 0 aliphatic carbocycles. The zero-order chi connectivity index (χ0) is 93.5. The lowest BCUT2D eigenvalue weighted by atomic mass is 9.92. The first-order valence-corrected chi connectivity index (χ1v) is 46.8. The van der Waals surface area contributed by atoms with E-state index in [1.807, 2.05) is 164 Å². The van der Waals surface area contributed by atoms with E-state index in [1.54, 1.807) is 12.4 Å². The second-order valence-electron chi connectivity index (χ2n) is 34.7. The zero-order valence-electron chi connectivity index (χ0n) is 75.8. The quantitative estimate of drug-likeness (QED) is 0.0884. The number of aromatic nitrogens is 11. The Morgan fingerprint density at radius 2 is 0.454 bits per heavy atom. The van der Waals surface area contributed by atoms with Gasteiger partial charge < -0.3 is 13.3 Å². The zero-order valence-corrected chi connectivity index (χ0v) is 75.8. The van der Waals surface area contributed by atoms with E-state index in [0.29, 0.717) is 63.8 Å². The minimum absolute atomic E-state index is 0.522. The molecular weight excluding hydrogens is 1730 g/mol. The fraction of sp³-hybridized carbons (Fsp3) is 0. The highest BCUT2D eigenvalue weighted by molar-refractivity contribution is 6.14. The summed E-state index contributed by atoms with van der Waals surface area (Å²) in [5.74, 6) is 5.52. The Bertz CT molecular complexity index is 9350. The molecule has 8 aromatic heterocycles. The maximum absolute atomic E-state index is 6.06. The lowest BCUT2D eigenvalue weighted by Crippen LogP contribution is -2.01. The number of benzene rings is 19. The monoisotopic (exact) mass is 1810 g/mol. The predicted octanol–water partition coefficient (Wildman–Crippen LogP) is 32.6. The van der Waals surface area contributed by atoms with Crippen molar-refractivity contribution in [3.8, 4) is 169 Å². The van der Waals surface area contributed by atoms with Crippen LogP contribution in [0.5, 0.6) is 0 Å². The summed E-state index contributed by atoms with van der Waals surface area (Å²) in [7, 11) is 0. The molecule has 0 saturated heterocycles. The summed E-state index contributed by atoms with van der Waals surface area (Å²) in [4.78, 5) is 53.7. The van der Waals surface area contributed by atoms with Crippen LogP contribution >= 0.6 is 0 Å². The summed E-state index contributed by atoms with van der Waals surface area (Å²) in [6, 6.07) is 160. The van der Waals surface area contributed by atoms with Crippen LogP contribution in [0.3, 0.4) is 0 Å². The molecule has 0 bridgehead atoms. The van der Waals surface area contributed by atoms with Crippen LogP contribution in [-0.2, 0) is 0 Å². The topological polar surface area (TPSA) is 181 Å². The van der Waals surface area contributed by atoms with Crippen LogP contribution in [0.15, 0.2) is 493 Å². The second-order valence-corrected chi connectivity index (χ2v) is 34.7. The molecule has 0 spiro atoms. The Kier molecular flexibility index (Phi) is 21.6. The molecule has 0 fully saturated rings. The number of hydrogen-bond acceptors (Lipinski definition) is 14. The molecule has 0 unspecified atom stereocenters. The van der Waals surface area contributed by atoms with Crippen LogP contribution in [0.2, 0.25) is 0 Å². The largest absolute Gasteiger partial charge is 0.456 e. The summed E-state index contributed by atoms with van der Waals surface area (Å²) in [5, 5.41) is 13.8. The molecule has 0 atom stereocenters. The molecule has 0 N–H and O–H groups in total. The van der Waals surface area contributed by atoms with Gasteiger partial charge in [-0.15, -0.1) is 0 Å². The van der Waals surface area contributed by atoms with E-state index in [1.165, 1.54) is 32.5 Å². The van der Waals surface area contributed by atoms with Gasteiger partial charge in [0.1, 0.15) is 33.6 Å². The first-order chi connectivity index (χ1) is 69.8. The van der Waals surface area contributed by atoms with Gasteiger partial charge >= 0.3 is 0 Å². The minimum Gasteiger partial charge on any atom is -0.456 e. The van der Waals surface area contributed by atoms with Gasteiger partial charge in [0.2, 0.25) is 5.71 Å². The molecule has 0 aliphatic rings. The SMILES string of the molecule is c1ccc(-c2cc(-c3ccccc3)cc(-c3nc(-c4ccc(-c5ccc6oc7ccccc7c6c5)cc4)nc(-c4ccccn4)n3)c2)cc1.c1ccc(-c2nc(-c3ccc(-c4ccc5oc6ccccc6c5c4)cc3)nc(-c3cccc(-c4cc5ccccc5c5ccccc45)c3)n2)cc1.c1ccc(-c2nc(-c3ccc(-c4ccc5oc6ncccc6c5c4)cc3)nc(-c3ccc4ccccc4c3)n2)cc1. The maximum atomic E-state index is 6.06. The van der Waals surface area contributed by atoms with Crippen molar-refractivity contribution in [3.05, 3.63) is 480 Å².